The van der Waals surface area contributed by atoms with Crippen molar-refractivity contribution < 1.29 is 26.7 Å². The fraction of sp³-hybridized carbons (Fsp3) is 0.300. The van der Waals surface area contributed by atoms with Gasteiger partial charge in [-0.3, -0.25) is 4.79 Å². The van der Waals surface area contributed by atoms with Gasteiger partial charge in [-0.15, -0.1) is 0 Å². The number of hydrogen-bond acceptors (Lipinski definition) is 7. The Labute approximate surface area is 247 Å². The lowest BCUT2D eigenvalue weighted by Crippen LogP contribution is -2.40. The van der Waals surface area contributed by atoms with Crippen LogP contribution < -0.4 is 19.2 Å². The molecular formula is C30H36N4O6S2. The third-order valence-corrected chi connectivity index (χ3v) is 10.1. The van der Waals surface area contributed by atoms with E-state index < -0.39 is 32.1 Å². The number of carboxylic acid groups (broad SMARTS) is 1. The van der Waals surface area contributed by atoms with Gasteiger partial charge < -0.3 is 14.9 Å². The Hall–Kier alpha value is -3.71. The standard InChI is InChI=1S/C30H36N4O6S2/c1-33(2)26-16-7-13-23-21(26)11-9-18-28(23)41(37,38)31-20-6-5-15-25(30(35)36)32-42(39,40)29-19-10-12-22-24(29)14-8-17-27(22)34(3)4/h7-14,16-19,25,31-32H,5-6,15,20H2,1-4H3,(H,35,36)/t25-/m0/s1. The van der Waals surface area contributed by atoms with Gasteiger partial charge in [0.25, 0.3) is 0 Å². The first-order valence-corrected chi connectivity index (χ1v) is 16.4. The van der Waals surface area contributed by atoms with Gasteiger partial charge in [0, 0.05) is 67.7 Å². The third-order valence-electron chi connectivity index (χ3n) is 7.07. The van der Waals surface area contributed by atoms with Gasteiger partial charge in [0.1, 0.15) is 6.04 Å². The molecule has 1 atom stereocenters. The van der Waals surface area contributed by atoms with Gasteiger partial charge in [0.2, 0.25) is 20.0 Å². The fourth-order valence-electron chi connectivity index (χ4n) is 5.02. The number of aliphatic carboxylic acids is 1. The molecule has 4 aromatic carbocycles. The maximum Gasteiger partial charge on any atom is 0.321 e. The Morgan fingerprint density at radius 3 is 1.62 bits per heavy atom. The van der Waals surface area contributed by atoms with Gasteiger partial charge in [0.15, 0.2) is 0 Å². The summed E-state index contributed by atoms with van der Waals surface area (Å²) in [7, 11) is -0.513. The minimum Gasteiger partial charge on any atom is -0.480 e. The number of nitrogens with zero attached hydrogens (tertiary/aromatic N) is 2. The van der Waals surface area contributed by atoms with Crippen molar-refractivity contribution in [1.29, 1.82) is 0 Å². The molecule has 10 nitrogen and oxygen atoms in total. The van der Waals surface area contributed by atoms with Crippen LogP contribution in [0.2, 0.25) is 0 Å². The summed E-state index contributed by atoms with van der Waals surface area (Å²) < 4.78 is 57.8. The molecule has 4 aromatic rings. The summed E-state index contributed by atoms with van der Waals surface area (Å²) in [6.45, 7) is 0.0712. The molecular weight excluding hydrogens is 576 g/mol. The maximum atomic E-state index is 13.3. The van der Waals surface area contributed by atoms with E-state index in [1.807, 2.05) is 68.3 Å². The average molecular weight is 613 g/mol. The molecule has 3 N–H and O–H groups in total. The zero-order valence-electron chi connectivity index (χ0n) is 24.0. The van der Waals surface area contributed by atoms with Crippen molar-refractivity contribution in [3.05, 3.63) is 72.8 Å². The van der Waals surface area contributed by atoms with Crippen LogP contribution in [0.3, 0.4) is 0 Å². The second-order valence-electron chi connectivity index (χ2n) is 10.5. The number of fused-ring (bicyclic) bond motifs is 2. The second kappa shape index (κ2) is 12.7. The van der Waals surface area contributed by atoms with Crippen LogP contribution in [0, 0.1) is 0 Å². The summed E-state index contributed by atoms with van der Waals surface area (Å²) >= 11 is 0. The Bertz CT molecular complexity index is 1820. The normalized spacial score (nSPS) is 12.9. The van der Waals surface area contributed by atoms with Crippen LogP contribution in [0.1, 0.15) is 19.3 Å². The molecule has 0 aliphatic rings. The van der Waals surface area contributed by atoms with E-state index in [0.717, 1.165) is 22.1 Å². The van der Waals surface area contributed by atoms with Crippen LogP contribution in [-0.4, -0.2) is 68.7 Å². The molecule has 0 unspecified atom stereocenters. The van der Waals surface area contributed by atoms with Crippen molar-refractivity contribution in [3.8, 4) is 0 Å². The Morgan fingerprint density at radius 2 is 1.14 bits per heavy atom. The van der Waals surface area contributed by atoms with E-state index in [2.05, 4.69) is 9.44 Å². The molecule has 0 bridgehead atoms. The van der Waals surface area contributed by atoms with Gasteiger partial charge in [-0.2, -0.15) is 4.72 Å². The van der Waals surface area contributed by atoms with E-state index in [9.17, 15) is 26.7 Å². The summed E-state index contributed by atoms with van der Waals surface area (Å²) in [4.78, 5) is 15.9. The van der Waals surface area contributed by atoms with Crippen LogP contribution >= 0.6 is 0 Å². The smallest absolute Gasteiger partial charge is 0.321 e. The first kappa shape index (κ1) is 31.2. The summed E-state index contributed by atoms with van der Waals surface area (Å²) in [6.07, 6.45) is 0.589. The van der Waals surface area contributed by atoms with E-state index in [1.165, 1.54) is 6.07 Å². The van der Waals surface area contributed by atoms with Crippen molar-refractivity contribution in [2.75, 3.05) is 44.5 Å². The minimum absolute atomic E-state index is 0.00442. The summed E-state index contributed by atoms with van der Waals surface area (Å²) in [5.41, 5.74) is 1.73. The number of benzene rings is 4. The molecule has 0 amide bonds. The molecule has 42 heavy (non-hydrogen) atoms. The predicted molar refractivity (Wildman–Crippen MR) is 167 cm³/mol. The molecule has 0 aliphatic heterocycles. The van der Waals surface area contributed by atoms with Gasteiger partial charge >= 0.3 is 5.97 Å². The van der Waals surface area contributed by atoms with Gasteiger partial charge in [0.05, 0.1) is 9.79 Å². The highest BCUT2D eigenvalue weighted by atomic mass is 32.2. The lowest BCUT2D eigenvalue weighted by molar-refractivity contribution is -0.139. The molecule has 0 aliphatic carbocycles. The van der Waals surface area contributed by atoms with Crippen LogP contribution in [0.4, 0.5) is 11.4 Å². The third kappa shape index (κ3) is 6.67. The highest BCUT2D eigenvalue weighted by Crippen LogP contribution is 2.31. The van der Waals surface area contributed by atoms with E-state index in [0.29, 0.717) is 17.2 Å². The first-order valence-electron chi connectivity index (χ1n) is 13.5. The molecule has 0 aromatic heterocycles. The largest absolute Gasteiger partial charge is 0.480 e. The van der Waals surface area contributed by atoms with Crippen LogP contribution in [-0.2, 0) is 24.8 Å². The lowest BCUT2D eigenvalue weighted by atomic mass is 10.1. The summed E-state index contributed by atoms with van der Waals surface area (Å²) in [5, 5.41) is 12.4. The van der Waals surface area contributed by atoms with Gasteiger partial charge in [-0.05, 0) is 43.5 Å². The number of anilines is 2. The number of unbranched alkanes of at least 4 members (excludes halogenated alkanes) is 1. The van der Waals surface area contributed by atoms with Crippen molar-refractivity contribution in [2.45, 2.75) is 35.1 Å². The summed E-state index contributed by atoms with van der Waals surface area (Å²) in [5.74, 6) is -1.30. The van der Waals surface area contributed by atoms with Crippen molar-refractivity contribution in [2.24, 2.45) is 0 Å². The predicted octanol–water partition coefficient (Wildman–Crippen LogP) is 4.01. The molecule has 0 radical (unpaired) electrons. The van der Waals surface area contributed by atoms with E-state index in [-0.39, 0.29) is 29.2 Å². The van der Waals surface area contributed by atoms with Crippen LogP contribution in [0.5, 0.6) is 0 Å². The van der Waals surface area contributed by atoms with Crippen LogP contribution in [0.25, 0.3) is 21.5 Å². The molecule has 0 saturated carbocycles. The van der Waals surface area contributed by atoms with E-state index in [1.54, 1.807) is 36.4 Å². The Balaban J connectivity index is 1.42. The number of carboxylic acids is 1. The Kier molecular flexibility index (Phi) is 9.41. The number of nitrogens with one attached hydrogen (secondary N) is 2. The van der Waals surface area contributed by atoms with E-state index >= 15 is 0 Å². The number of rotatable bonds is 13. The monoisotopic (exact) mass is 612 g/mol. The van der Waals surface area contributed by atoms with Crippen molar-refractivity contribution >= 4 is 58.9 Å². The zero-order chi connectivity index (χ0) is 30.7. The zero-order valence-corrected chi connectivity index (χ0v) is 25.7. The van der Waals surface area contributed by atoms with E-state index in [4.69, 9.17) is 0 Å². The summed E-state index contributed by atoms with van der Waals surface area (Å²) in [6, 6.07) is 19.5. The SMILES string of the molecule is CN(C)c1cccc2c(S(=O)(=O)NCCCC[C@H](NS(=O)(=O)c3cccc4c(N(C)C)cccc34)C(=O)O)cccc12. The van der Waals surface area contributed by atoms with Gasteiger partial charge in [-0.25, -0.2) is 21.6 Å². The molecule has 12 heteroatoms. The number of sulfonamides is 2. The molecule has 0 heterocycles. The molecule has 0 fully saturated rings. The maximum absolute atomic E-state index is 13.3. The quantitative estimate of drug-likeness (QED) is 0.193. The van der Waals surface area contributed by atoms with Crippen molar-refractivity contribution in [3.63, 3.8) is 0 Å². The minimum atomic E-state index is -4.17. The topological polar surface area (TPSA) is 136 Å². The first-order chi connectivity index (χ1) is 19.8. The average Bonchev–Trinajstić information content (AvgIpc) is 2.94. The highest BCUT2D eigenvalue weighted by molar-refractivity contribution is 7.90. The number of hydrogen-bond donors (Lipinski definition) is 3. The number of carbonyl (C=O) groups is 1. The second-order valence-corrected chi connectivity index (χ2v) is 13.9. The van der Waals surface area contributed by atoms with Crippen molar-refractivity contribution in [1.82, 2.24) is 9.44 Å². The highest BCUT2D eigenvalue weighted by Gasteiger charge is 2.27. The van der Waals surface area contributed by atoms with Gasteiger partial charge in [-0.1, -0.05) is 48.5 Å². The fourth-order valence-corrected chi connectivity index (χ4v) is 7.76. The Morgan fingerprint density at radius 1 is 0.690 bits per heavy atom. The molecule has 4 rings (SSSR count). The molecule has 0 spiro atoms. The lowest BCUT2D eigenvalue weighted by Gasteiger charge is -2.19. The van der Waals surface area contributed by atoms with Crippen LogP contribution in [0.15, 0.2) is 82.6 Å². The molecule has 224 valence electrons. The molecule has 0 saturated heterocycles.